The van der Waals surface area contributed by atoms with Crippen molar-refractivity contribution in [3.05, 3.63) is 71.3 Å². The van der Waals surface area contributed by atoms with Crippen molar-refractivity contribution in [2.24, 2.45) is 4.99 Å². The number of halogens is 1. The molecule has 0 heterocycles. The number of hydrogen-bond donors (Lipinski definition) is 2. The molecule has 0 saturated carbocycles. The molecule has 1 atom stereocenters. The van der Waals surface area contributed by atoms with Crippen molar-refractivity contribution in [1.29, 1.82) is 0 Å². The van der Waals surface area contributed by atoms with Gasteiger partial charge in [-0.15, -0.1) is 24.0 Å². The van der Waals surface area contributed by atoms with Crippen molar-refractivity contribution in [3.63, 3.8) is 0 Å². The van der Waals surface area contributed by atoms with Crippen molar-refractivity contribution in [2.45, 2.75) is 31.7 Å². The number of benzene rings is 2. The minimum Gasteiger partial charge on any atom is -0.356 e. The quantitative estimate of drug-likeness (QED) is 0.360. The monoisotopic (exact) mass is 506 g/mol. The standard InChI is InChI=1S/C23H30N4O.HI/c1-27(2)22(28)17-25-23(24-15-14-18-8-4-3-5-9-18)26-21-13-12-19-10-6-7-11-20(19)16-21;/h3-11,21H,12-17H2,1-2H3,(H2,24,25,26);1H. The molecule has 2 aromatic carbocycles. The van der Waals surface area contributed by atoms with Crippen LogP contribution in [0.3, 0.4) is 0 Å². The molecule has 3 rings (SSSR count). The fourth-order valence-corrected chi connectivity index (χ4v) is 3.42. The molecular weight excluding hydrogens is 475 g/mol. The maximum atomic E-state index is 12.0. The molecular formula is C23H31IN4O. The summed E-state index contributed by atoms with van der Waals surface area (Å²) < 4.78 is 0. The van der Waals surface area contributed by atoms with Crippen molar-refractivity contribution in [1.82, 2.24) is 15.5 Å². The van der Waals surface area contributed by atoms with Gasteiger partial charge in [-0.1, -0.05) is 54.6 Å². The average Bonchev–Trinajstić information content (AvgIpc) is 2.72. The Bertz CT molecular complexity index is 808. The first-order valence-corrected chi connectivity index (χ1v) is 9.97. The third-order valence-electron chi connectivity index (χ3n) is 5.11. The first kappa shape index (κ1) is 23.2. The number of rotatable bonds is 6. The Labute approximate surface area is 191 Å². The fraction of sp³-hybridized carbons (Fsp3) is 0.391. The molecule has 0 bridgehead atoms. The van der Waals surface area contributed by atoms with E-state index >= 15 is 0 Å². The van der Waals surface area contributed by atoms with Crippen LogP contribution in [-0.4, -0.2) is 50.0 Å². The van der Waals surface area contributed by atoms with E-state index in [9.17, 15) is 4.79 Å². The Hall–Kier alpha value is -2.09. The number of aliphatic imine (C=N–C) groups is 1. The molecule has 0 aliphatic heterocycles. The maximum Gasteiger partial charge on any atom is 0.243 e. The van der Waals surface area contributed by atoms with Gasteiger partial charge in [0, 0.05) is 26.7 Å². The van der Waals surface area contributed by atoms with Crippen LogP contribution < -0.4 is 10.6 Å². The van der Waals surface area contributed by atoms with E-state index in [4.69, 9.17) is 0 Å². The second-order valence-electron chi connectivity index (χ2n) is 7.47. The minimum atomic E-state index is -0.00171. The molecule has 6 heteroatoms. The van der Waals surface area contributed by atoms with Crippen molar-refractivity contribution in [3.8, 4) is 0 Å². The maximum absolute atomic E-state index is 12.0. The zero-order chi connectivity index (χ0) is 19.8. The molecule has 1 amide bonds. The molecule has 0 saturated heterocycles. The number of nitrogens with one attached hydrogen (secondary N) is 2. The Morgan fingerprint density at radius 2 is 1.76 bits per heavy atom. The van der Waals surface area contributed by atoms with Gasteiger partial charge in [0.15, 0.2) is 5.96 Å². The molecule has 5 nitrogen and oxygen atoms in total. The lowest BCUT2D eigenvalue weighted by molar-refractivity contribution is -0.127. The summed E-state index contributed by atoms with van der Waals surface area (Å²) in [5.41, 5.74) is 4.13. The SMILES string of the molecule is CN(C)C(=O)CN=C(NCCc1ccccc1)NC1CCc2ccccc2C1.I. The lowest BCUT2D eigenvalue weighted by Gasteiger charge is -2.27. The highest BCUT2D eigenvalue weighted by Gasteiger charge is 2.19. The second-order valence-corrected chi connectivity index (χ2v) is 7.47. The molecule has 29 heavy (non-hydrogen) atoms. The van der Waals surface area contributed by atoms with Crippen LogP contribution in [0.4, 0.5) is 0 Å². The van der Waals surface area contributed by atoms with Crippen LogP contribution in [0.1, 0.15) is 23.1 Å². The Balaban J connectivity index is 0.00000300. The third kappa shape index (κ3) is 7.34. The van der Waals surface area contributed by atoms with Crippen molar-refractivity contribution in [2.75, 3.05) is 27.2 Å². The second kappa shape index (κ2) is 11.8. The van der Waals surface area contributed by atoms with Gasteiger partial charge < -0.3 is 15.5 Å². The Morgan fingerprint density at radius 3 is 2.48 bits per heavy atom. The van der Waals surface area contributed by atoms with Crippen LogP contribution in [0.25, 0.3) is 0 Å². The Kier molecular flexibility index (Phi) is 9.44. The summed E-state index contributed by atoms with van der Waals surface area (Å²) in [5.74, 6) is 0.716. The van der Waals surface area contributed by atoms with Crippen LogP contribution in [0.5, 0.6) is 0 Å². The molecule has 0 aromatic heterocycles. The van der Waals surface area contributed by atoms with E-state index in [1.54, 1.807) is 19.0 Å². The van der Waals surface area contributed by atoms with E-state index in [1.807, 2.05) is 6.07 Å². The average molecular weight is 506 g/mol. The lowest BCUT2D eigenvalue weighted by Crippen LogP contribution is -2.46. The number of hydrogen-bond acceptors (Lipinski definition) is 2. The minimum absolute atomic E-state index is 0. The largest absolute Gasteiger partial charge is 0.356 e. The number of carbonyl (C=O) groups is 1. The number of carbonyl (C=O) groups excluding carboxylic acids is 1. The molecule has 1 unspecified atom stereocenters. The molecule has 2 aromatic rings. The predicted molar refractivity (Wildman–Crippen MR) is 130 cm³/mol. The van der Waals surface area contributed by atoms with Crippen molar-refractivity contribution >= 4 is 35.8 Å². The van der Waals surface area contributed by atoms with Gasteiger partial charge >= 0.3 is 0 Å². The van der Waals surface area contributed by atoms with Crippen molar-refractivity contribution < 1.29 is 4.79 Å². The first-order valence-electron chi connectivity index (χ1n) is 9.97. The highest BCUT2D eigenvalue weighted by Crippen LogP contribution is 2.20. The van der Waals surface area contributed by atoms with E-state index in [-0.39, 0.29) is 36.4 Å². The van der Waals surface area contributed by atoms with Gasteiger partial charge in [0.2, 0.25) is 5.91 Å². The summed E-state index contributed by atoms with van der Waals surface area (Å²) in [6.45, 7) is 0.923. The molecule has 1 aliphatic rings. The molecule has 0 fully saturated rings. The van der Waals surface area contributed by atoms with E-state index in [0.29, 0.717) is 6.04 Å². The third-order valence-corrected chi connectivity index (χ3v) is 5.11. The highest BCUT2D eigenvalue weighted by molar-refractivity contribution is 14.0. The van der Waals surface area contributed by atoms with E-state index in [1.165, 1.54) is 16.7 Å². The molecule has 0 spiro atoms. The van der Waals surface area contributed by atoms with Gasteiger partial charge in [0.25, 0.3) is 0 Å². The molecule has 1 aliphatic carbocycles. The van der Waals surface area contributed by atoms with E-state index in [0.717, 1.165) is 38.2 Å². The van der Waals surface area contributed by atoms with Gasteiger partial charge in [-0.2, -0.15) is 0 Å². The molecule has 0 radical (unpaired) electrons. The van der Waals surface area contributed by atoms with Gasteiger partial charge in [-0.05, 0) is 42.4 Å². The topological polar surface area (TPSA) is 56.7 Å². The summed E-state index contributed by atoms with van der Waals surface area (Å²) in [7, 11) is 3.51. The summed E-state index contributed by atoms with van der Waals surface area (Å²) in [4.78, 5) is 18.1. The predicted octanol–water partition coefficient (Wildman–Crippen LogP) is 3.03. The zero-order valence-corrected chi connectivity index (χ0v) is 19.6. The summed E-state index contributed by atoms with van der Waals surface area (Å²) >= 11 is 0. The number of amides is 1. The lowest BCUT2D eigenvalue weighted by atomic mass is 9.88. The van der Waals surface area contributed by atoms with Gasteiger partial charge in [0.05, 0.1) is 0 Å². The fourth-order valence-electron chi connectivity index (χ4n) is 3.42. The number of guanidine groups is 1. The summed E-state index contributed by atoms with van der Waals surface area (Å²) in [6, 6.07) is 19.3. The van der Waals surface area contributed by atoms with Gasteiger partial charge in [0.1, 0.15) is 6.54 Å². The van der Waals surface area contributed by atoms with E-state index in [2.05, 4.69) is 64.2 Å². The zero-order valence-electron chi connectivity index (χ0n) is 17.2. The number of fused-ring (bicyclic) bond motifs is 1. The summed E-state index contributed by atoms with van der Waals surface area (Å²) in [5, 5.41) is 6.95. The summed E-state index contributed by atoms with van der Waals surface area (Å²) in [6.07, 6.45) is 4.04. The smallest absolute Gasteiger partial charge is 0.243 e. The van der Waals surface area contributed by atoms with Crippen LogP contribution in [-0.2, 0) is 24.1 Å². The number of aryl methyl sites for hydroxylation is 1. The number of likely N-dealkylation sites (N-methyl/N-ethyl adjacent to an activating group) is 1. The van der Waals surface area contributed by atoms with Gasteiger partial charge in [-0.3, -0.25) is 4.79 Å². The van der Waals surface area contributed by atoms with Crippen LogP contribution >= 0.6 is 24.0 Å². The normalized spacial score (nSPS) is 15.7. The Morgan fingerprint density at radius 1 is 1.07 bits per heavy atom. The van der Waals surface area contributed by atoms with Crippen LogP contribution in [0.15, 0.2) is 59.6 Å². The highest BCUT2D eigenvalue weighted by atomic mass is 127. The molecule has 156 valence electrons. The van der Waals surface area contributed by atoms with Gasteiger partial charge in [-0.25, -0.2) is 4.99 Å². The van der Waals surface area contributed by atoms with Crippen LogP contribution in [0, 0.1) is 0 Å². The molecule has 2 N–H and O–H groups in total. The van der Waals surface area contributed by atoms with E-state index < -0.39 is 0 Å². The first-order chi connectivity index (χ1) is 13.6. The number of nitrogens with zero attached hydrogens (tertiary/aromatic N) is 2. The van der Waals surface area contributed by atoms with Crippen LogP contribution in [0.2, 0.25) is 0 Å².